The van der Waals surface area contributed by atoms with E-state index in [1.165, 1.54) is 16.2 Å². The Balaban J connectivity index is 1.54. The highest BCUT2D eigenvalue weighted by molar-refractivity contribution is 7.22. The van der Waals surface area contributed by atoms with Crippen molar-refractivity contribution in [2.24, 2.45) is 0 Å². The molecule has 204 valence electrons. The number of rotatable bonds is 3. The van der Waals surface area contributed by atoms with E-state index in [4.69, 9.17) is 9.72 Å². The Hall–Kier alpha value is -3.97. The van der Waals surface area contributed by atoms with Gasteiger partial charge in [0, 0.05) is 12.0 Å². The van der Waals surface area contributed by atoms with E-state index in [9.17, 15) is 14.7 Å². The van der Waals surface area contributed by atoms with Crippen LogP contribution in [0.3, 0.4) is 0 Å². The van der Waals surface area contributed by atoms with Gasteiger partial charge in [-0.1, -0.05) is 62.4 Å². The van der Waals surface area contributed by atoms with E-state index in [1.807, 2.05) is 63.2 Å². The molecule has 0 bridgehead atoms. The predicted molar refractivity (Wildman–Crippen MR) is 159 cm³/mol. The van der Waals surface area contributed by atoms with Crippen LogP contribution in [0.15, 0.2) is 60.2 Å². The van der Waals surface area contributed by atoms with Gasteiger partial charge in [-0.05, 0) is 78.3 Å². The number of carbonyl (C=O) groups is 2. The maximum absolute atomic E-state index is 13.7. The molecule has 2 aliphatic heterocycles. The third-order valence-corrected chi connectivity index (χ3v) is 8.73. The van der Waals surface area contributed by atoms with Crippen LogP contribution in [0.5, 0.6) is 5.75 Å². The van der Waals surface area contributed by atoms with Crippen LogP contribution in [0.4, 0.5) is 5.13 Å². The summed E-state index contributed by atoms with van der Waals surface area (Å²) in [6.07, 6.45) is 0.762. The van der Waals surface area contributed by atoms with Crippen molar-refractivity contribution < 1.29 is 19.4 Å². The van der Waals surface area contributed by atoms with Crippen molar-refractivity contribution in [1.82, 2.24) is 4.98 Å². The quantitative estimate of drug-likeness (QED) is 0.166. The molecular weight excluding hydrogens is 520 g/mol. The van der Waals surface area contributed by atoms with Gasteiger partial charge in [0.25, 0.3) is 5.78 Å². The molecule has 7 heteroatoms. The molecule has 1 saturated heterocycles. The molecule has 0 aliphatic carbocycles. The number of anilines is 1. The second kappa shape index (κ2) is 9.30. The van der Waals surface area contributed by atoms with Crippen molar-refractivity contribution in [3.63, 3.8) is 0 Å². The second-order valence-electron chi connectivity index (χ2n) is 11.9. The molecule has 1 fully saturated rings. The molecule has 40 heavy (non-hydrogen) atoms. The molecule has 0 saturated carbocycles. The van der Waals surface area contributed by atoms with Crippen molar-refractivity contribution in [2.75, 3.05) is 4.90 Å². The summed E-state index contributed by atoms with van der Waals surface area (Å²) in [5.41, 5.74) is 6.24. The Morgan fingerprint density at radius 2 is 1.77 bits per heavy atom. The summed E-state index contributed by atoms with van der Waals surface area (Å²) in [6.45, 7) is 12.4. The first-order valence-electron chi connectivity index (χ1n) is 13.5. The van der Waals surface area contributed by atoms with Crippen molar-refractivity contribution in [1.29, 1.82) is 0 Å². The Morgan fingerprint density at radius 1 is 1.05 bits per heavy atom. The summed E-state index contributed by atoms with van der Waals surface area (Å²) >= 11 is 1.38. The lowest BCUT2D eigenvalue weighted by Gasteiger charge is -2.24. The standard InChI is InChI=1S/C33H32N2O4S/c1-17-13-18(2)27-25(14-17)40-32(34-27)35-28(20-7-10-23(11-8-20)33(4,5)6)26(30(37)31(35)38)29(36)21-9-12-24-22(16-21)15-19(3)39-24/h7-14,16,19,28,36H,15H2,1-6H3/b29-26+/t19-,28+/m1/s1. The van der Waals surface area contributed by atoms with Gasteiger partial charge in [0.05, 0.1) is 21.8 Å². The predicted octanol–water partition coefficient (Wildman–Crippen LogP) is 7.16. The topological polar surface area (TPSA) is 79.7 Å². The highest BCUT2D eigenvalue weighted by Gasteiger charge is 2.48. The first-order valence-corrected chi connectivity index (χ1v) is 14.3. The summed E-state index contributed by atoms with van der Waals surface area (Å²) in [4.78, 5) is 33.7. The number of Topliss-reactive ketones (excluding diaryl/α,β-unsaturated/α-hetero) is 1. The molecule has 0 spiro atoms. The van der Waals surface area contributed by atoms with Gasteiger partial charge < -0.3 is 9.84 Å². The molecule has 6 rings (SSSR count). The number of nitrogens with zero attached hydrogens (tertiary/aromatic N) is 2. The maximum Gasteiger partial charge on any atom is 0.301 e. The first-order chi connectivity index (χ1) is 18.9. The van der Waals surface area contributed by atoms with Crippen LogP contribution in [-0.4, -0.2) is 27.9 Å². The molecule has 2 aliphatic rings. The molecule has 1 amide bonds. The van der Waals surface area contributed by atoms with Gasteiger partial charge in [-0.3, -0.25) is 14.5 Å². The zero-order valence-corrected chi connectivity index (χ0v) is 24.3. The van der Waals surface area contributed by atoms with E-state index in [-0.39, 0.29) is 22.9 Å². The molecule has 0 unspecified atom stereocenters. The van der Waals surface area contributed by atoms with Gasteiger partial charge in [0.2, 0.25) is 0 Å². The van der Waals surface area contributed by atoms with E-state index < -0.39 is 17.7 Å². The van der Waals surface area contributed by atoms with E-state index in [1.54, 1.807) is 6.07 Å². The number of amides is 1. The lowest BCUT2D eigenvalue weighted by atomic mass is 9.85. The monoisotopic (exact) mass is 552 g/mol. The van der Waals surface area contributed by atoms with Crippen LogP contribution in [0.25, 0.3) is 16.0 Å². The Bertz CT molecular complexity index is 1730. The van der Waals surface area contributed by atoms with E-state index in [0.29, 0.717) is 17.1 Å². The molecule has 6 nitrogen and oxygen atoms in total. The normalized spacial score (nSPS) is 20.3. The number of carbonyl (C=O) groups excluding carboxylic acids is 2. The van der Waals surface area contributed by atoms with E-state index in [0.717, 1.165) is 43.8 Å². The van der Waals surface area contributed by atoms with Crippen LogP contribution in [0, 0.1) is 13.8 Å². The van der Waals surface area contributed by atoms with Crippen LogP contribution in [0.2, 0.25) is 0 Å². The fourth-order valence-corrected chi connectivity index (χ4v) is 6.87. The molecule has 1 aromatic heterocycles. The number of fused-ring (bicyclic) bond motifs is 2. The van der Waals surface area contributed by atoms with Crippen LogP contribution in [0.1, 0.15) is 67.1 Å². The highest BCUT2D eigenvalue weighted by atomic mass is 32.1. The highest BCUT2D eigenvalue weighted by Crippen LogP contribution is 2.45. The number of ketones is 1. The lowest BCUT2D eigenvalue weighted by molar-refractivity contribution is -0.132. The van der Waals surface area contributed by atoms with Gasteiger partial charge in [0.15, 0.2) is 5.13 Å². The SMILES string of the molecule is Cc1cc(C)c2nc(N3C(=O)C(=O)/C(=C(/O)c4ccc5c(c4)C[C@@H](C)O5)[C@@H]3c3ccc(C(C)(C)C)cc3)sc2c1. The number of aliphatic hydroxyl groups excluding tert-OH is 1. The van der Waals surface area contributed by atoms with Crippen LogP contribution < -0.4 is 9.64 Å². The number of aryl methyl sites for hydroxylation is 2. The van der Waals surface area contributed by atoms with Gasteiger partial charge in [-0.15, -0.1) is 0 Å². The largest absolute Gasteiger partial charge is 0.507 e. The zero-order chi connectivity index (χ0) is 28.5. The molecule has 3 heterocycles. The fraction of sp³-hybridized carbons (Fsp3) is 0.303. The summed E-state index contributed by atoms with van der Waals surface area (Å²) in [6, 6.07) is 16.6. The van der Waals surface area contributed by atoms with Crippen LogP contribution in [-0.2, 0) is 21.4 Å². The minimum atomic E-state index is -0.820. The Kier molecular flexibility index (Phi) is 6.11. The number of aliphatic hydroxyl groups is 1. The third kappa shape index (κ3) is 4.29. The number of benzene rings is 3. The number of hydrogen-bond donors (Lipinski definition) is 1. The Morgan fingerprint density at radius 3 is 2.48 bits per heavy atom. The lowest BCUT2D eigenvalue weighted by Crippen LogP contribution is -2.29. The molecule has 4 aromatic rings. The molecule has 2 atom stereocenters. The fourth-order valence-electron chi connectivity index (χ4n) is 5.70. The molecule has 1 N–H and O–H groups in total. The molecular formula is C33H32N2O4S. The van der Waals surface area contributed by atoms with Gasteiger partial charge in [-0.2, -0.15) is 0 Å². The zero-order valence-electron chi connectivity index (χ0n) is 23.5. The number of ether oxygens (including phenoxy) is 1. The van der Waals surface area contributed by atoms with Crippen molar-refractivity contribution >= 4 is 44.1 Å². The van der Waals surface area contributed by atoms with Crippen molar-refractivity contribution in [3.8, 4) is 5.75 Å². The van der Waals surface area contributed by atoms with Gasteiger partial charge >= 0.3 is 5.91 Å². The van der Waals surface area contributed by atoms with E-state index in [2.05, 4.69) is 26.8 Å². The number of hydrogen-bond acceptors (Lipinski definition) is 6. The van der Waals surface area contributed by atoms with E-state index >= 15 is 0 Å². The smallest absolute Gasteiger partial charge is 0.301 e. The summed E-state index contributed by atoms with van der Waals surface area (Å²) in [7, 11) is 0. The maximum atomic E-state index is 13.7. The average Bonchev–Trinajstić information content (AvgIpc) is 3.56. The third-order valence-electron chi connectivity index (χ3n) is 7.73. The average molecular weight is 553 g/mol. The minimum Gasteiger partial charge on any atom is -0.507 e. The number of aromatic nitrogens is 1. The first kappa shape index (κ1) is 26.3. The van der Waals surface area contributed by atoms with Crippen LogP contribution >= 0.6 is 11.3 Å². The van der Waals surface area contributed by atoms with Crippen molar-refractivity contribution in [3.05, 3.63) is 93.6 Å². The number of thiazole rings is 1. The van der Waals surface area contributed by atoms with Gasteiger partial charge in [0.1, 0.15) is 17.6 Å². The molecule has 3 aromatic carbocycles. The molecule has 0 radical (unpaired) electrons. The Labute approximate surface area is 237 Å². The minimum absolute atomic E-state index is 0.0467. The van der Waals surface area contributed by atoms with Crippen molar-refractivity contribution in [2.45, 2.75) is 65.5 Å². The second-order valence-corrected chi connectivity index (χ2v) is 12.9. The summed E-state index contributed by atoms with van der Waals surface area (Å²) in [5, 5.41) is 12.1. The summed E-state index contributed by atoms with van der Waals surface area (Å²) < 4.78 is 6.77. The summed E-state index contributed by atoms with van der Waals surface area (Å²) in [5.74, 6) is -0.835. The van der Waals surface area contributed by atoms with Gasteiger partial charge in [-0.25, -0.2) is 4.98 Å².